The van der Waals surface area contributed by atoms with Crippen LogP contribution in [0.15, 0.2) is 36.4 Å². The second-order valence-electron chi connectivity index (χ2n) is 4.00. The molecule has 8 heteroatoms. The van der Waals surface area contributed by atoms with Gasteiger partial charge in [-0.3, -0.25) is 14.9 Å². The first-order chi connectivity index (χ1) is 9.88. The molecule has 0 atom stereocenters. The molecule has 0 aliphatic heterocycles. The third kappa shape index (κ3) is 3.84. The third-order valence-electron chi connectivity index (χ3n) is 2.58. The molecule has 0 spiro atoms. The van der Waals surface area contributed by atoms with E-state index in [0.29, 0.717) is 5.56 Å². The molecular weight excluding hydrogens is 430 g/mol. The fourth-order valence-electron chi connectivity index (χ4n) is 1.57. The van der Waals surface area contributed by atoms with Gasteiger partial charge >= 0.3 is 0 Å². The zero-order valence-electron chi connectivity index (χ0n) is 10.3. The first-order valence-electron chi connectivity index (χ1n) is 5.59. The monoisotopic (exact) mass is 436 g/mol. The van der Waals surface area contributed by atoms with Crippen molar-refractivity contribution in [2.75, 3.05) is 5.32 Å². The average molecular weight is 437 g/mol. The van der Waals surface area contributed by atoms with Crippen LogP contribution in [0, 0.1) is 13.7 Å². The Morgan fingerprint density at radius 1 is 1.14 bits per heavy atom. The lowest BCUT2D eigenvalue weighted by atomic mass is 10.2. The van der Waals surface area contributed by atoms with Gasteiger partial charge in [-0.25, -0.2) is 0 Å². The molecule has 0 fully saturated rings. The number of hydrogen-bond acceptors (Lipinski definition) is 3. The van der Waals surface area contributed by atoms with E-state index < -0.39 is 10.8 Å². The number of rotatable bonds is 3. The lowest BCUT2D eigenvalue weighted by molar-refractivity contribution is -0.384. The normalized spacial score (nSPS) is 10.2. The second kappa shape index (κ2) is 6.59. The van der Waals surface area contributed by atoms with Crippen LogP contribution >= 0.6 is 45.8 Å². The minimum atomic E-state index is -0.609. The predicted molar refractivity (Wildman–Crippen MR) is 90.2 cm³/mol. The van der Waals surface area contributed by atoms with Gasteiger partial charge in [0, 0.05) is 21.3 Å². The van der Waals surface area contributed by atoms with Gasteiger partial charge in [0.25, 0.3) is 11.6 Å². The van der Waals surface area contributed by atoms with Crippen molar-refractivity contribution in [1.29, 1.82) is 0 Å². The van der Waals surface area contributed by atoms with Crippen LogP contribution < -0.4 is 5.32 Å². The quantitative estimate of drug-likeness (QED) is 0.428. The molecule has 0 aliphatic carbocycles. The van der Waals surface area contributed by atoms with E-state index >= 15 is 0 Å². The Bertz CT molecular complexity index is 697. The summed E-state index contributed by atoms with van der Waals surface area (Å²) in [4.78, 5) is 22.2. The first kappa shape index (κ1) is 16.0. The lowest BCUT2D eigenvalue weighted by Crippen LogP contribution is -2.12. The van der Waals surface area contributed by atoms with Gasteiger partial charge in [-0.2, -0.15) is 0 Å². The number of carbonyl (C=O) groups is 1. The third-order valence-corrected chi connectivity index (χ3v) is 3.90. The molecule has 0 saturated carbocycles. The lowest BCUT2D eigenvalue weighted by Gasteiger charge is -2.09. The minimum Gasteiger partial charge on any atom is -0.319 e. The van der Waals surface area contributed by atoms with Crippen LogP contribution in [0.25, 0.3) is 0 Å². The van der Waals surface area contributed by atoms with Gasteiger partial charge in [0.2, 0.25) is 0 Å². The summed E-state index contributed by atoms with van der Waals surface area (Å²) in [5.74, 6) is -0.399. The standard InChI is InChI=1S/C13H7Cl2IN2O3/c14-10-5-9(18(20)21)6-11(15)12(10)17-13(19)7-1-3-8(16)4-2-7/h1-6H,(H,17,19). The van der Waals surface area contributed by atoms with Crippen LogP contribution in [-0.2, 0) is 0 Å². The van der Waals surface area contributed by atoms with E-state index in [2.05, 4.69) is 27.9 Å². The van der Waals surface area contributed by atoms with Crippen LogP contribution in [-0.4, -0.2) is 10.8 Å². The smallest absolute Gasteiger partial charge is 0.272 e. The molecule has 0 bridgehead atoms. The number of carbonyl (C=O) groups excluding carboxylic acids is 1. The zero-order valence-corrected chi connectivity index (χ0v) is 13.9. The van der Waals surface area contributed by atoms with Gasteiger partial charge < -0.3 is 5.32 Å². The molecule has 2 rings (SSSR count). The predicted octanol–water partition coefficient (Wildman–Crippen LogP) is 4.76. The van der Waals surface area contributed by atoms with E-state index in [1.165, 1.54) is 0 Å². The Morgan fingerprint density at radius 3 is 2.14 bits per heavy atom. The van der Waals surface area contributed by atoms with Crippen molar-refractivity contribution in [2.45, 2.75) is 0 Å². The van der Waals surface area contributed by atoms with E-state index in [-0.39, 0.29) is 21.4 Å². The summed E-state index contributed by atoms with van der Waals surface area (Å²) in [6.45, 7) is 0. The Kier molecular flexibility index (Phi) is 5.02. The van der Waals surface area contributed by atoms with E-state index in [0.717, 1.165) is 15.7 Å². The van der Waals surface area contributed by atoms with Crippen LogP contribution in [0.5, 0.6) is 0 Å². The molecule has 2 aromatic rings. The van der Waals surface area contributed by atoms with Crippen molar-refractivity contribution in [2.24, 2.45) is 0 Å². The molecule has 0 aromatic heterocycles. The maximum Gasteiger partial charge on any atom is 0.272 e. The maximum atomic E-state index is 12.1. The van der Waals surface area contributed by atoms with Gasteiger partial charge in [-0.05, 0) is 46.9 Å². The number of hydrogen-bond donors (Lipinski definition) is 1. The van der Waals surface area contributed by atoms with Crippen molar-refractivity contribution >= 4 is 63.1 Å². The Hall–Kier alpha value is -1.38. The van der Waals surface area contributed by atoms with Gasteiger partial charge in [0.1, 0.15) is 0 Å². The molecule has 0 radical (unpaired) electrons. The first-order valence-corrected chi connectivity index (χ1v) is 7.42. The number of nitro benzene ring substituents is 1. The van der Waals surface area contributed by atoms with E-state index in [4.69, 9.17) is 23.2 Å². The van der Waals surface area contributed by atoms with Crippen LogP contribution in [0.3, 0.4) is 0 Å². The maximum absolute atomic E-state index is 12.1. The number of anilines is 1. The molecule has 5 nitrogen and oxygen atoms in total. The number of nitro groups is 1. The fourth-order valence-corrected chi connectivity index (χ4v) is 2.50. The average Bonchev–Trinajstić information content (AvgIpc) is 2.43. The molecule has 1 amide bonds. The van der Waals surface area contributed by atoms with Gasteiger partial charge in [0.15, 0.2) is 0 Å². The number of nitrogens with one attached hydrogen (secondary N) is 1. The Balaban J connectivity index is 2.29. The van der Waals surface area contributed by atoms with Crippen LogP contribution in [0.4, 0.5) is 11.4 Å². The van der Waals surface area contributed by atoms with Crippen molar-refractivity contribution in [3.8, 4) is 0 Å². The second-order valence-corrected chi connectivity index (χ2v) is 6.06. The Morgan fingerprint density at radius 2 is 1.67 bits per heavy atom. The molecular formula is C13H7Cl2IN2O3. The zero-order chi connectivity index (χ0) is 15.6. The molecule has 108 valence electrons. The summed E-state index contributed by atoms with van der Waals surface area (Å²) < 4.78 is 0.996. The summed E-state index contributed by atoms with van der Waals surface area (Å²) >= 11 is 14.0. The van der Waals surface area contributed by atoms with Gasteiger partial charge in [0.05, 0.1) is 20.7 Å². The Labute approximate surface area is 143 Å². The number of halogens is 3. The fraction of sp³-hybridized carbons (Fsp3) is 0. The van der Waals surface area contributed by atoms with Crippen LogP contribution in [0.2, 0.25) is 10.0 Å². The number of benzene rings is 2. The summed E-state index contributed by atoms with van der Waals surface area (Å²) in [7, 11) is 0. The molecule has 0 heterocycles. The van der Waals surface area contributed by atoms with Gasteiger partial charge in [-0.1, -0.05) is 23.2 Å². The van der Waals surface area contributed by atoms with Crippen molar-refractivity contribution in [3.63, 3.8) is 0 Å². The van der Waals surface area contributed by atoms with Crippen molar-refractivity contribution in [1.82, 2.24) is 0 Å². The van der Waals surface area contributed by atoms with Gasteiger partial charge in [-0.15, -0.1) is 0 Å². The number of nitrogens with zero attached hydrogens (tertiary/aromatic N) is 1. The summed E-state index contributed by atoms with van der Waals surface area (Å²) in [6, 6.07) is 9.16. The van der Waals surface area contributed by atoms with E-state index in [1.54, 1.807) is 24.3 Å². The highest BCUT2D eigenvalue weighted by atomic mass is 127. The van der Waals surface area contributed by atoms with E-state index in [9.17, 15) is 14.9 Å². The summed E-state index contributed by atoms with van der Waals surface area (Å²) in [6.07, 6.45) is 0. The number of non-ortho nitro benzene ring substituents is 1. The largest absolute Gasteiger partial charge is 0.319 e. The summed E-state index contributed by atoms with van der Waals surface area (Å²) in [5, 5.41) is 13.3. The van der Waals surface area contributed by atoms with E-state index in [1.807, 2.05) is 0 Å². The number of amides is 1. The molecule has 21 heavy (non-hydrogen) atoms. The molecule has 1 N–H and O–H groups in total. The van der Waals surface area contributed by atoms with Crippen molar-refractivity contribution in [3.05, 3.63) is 65.7 Å². The molecule has 0 saturated heterocycles. The highest BCUT2D eigenvalue weighted by molar-refractivity contribution is 14.1. The topological polar surface area (TPSA) is 72.2 Å². The molecule has 0 unspecified atom stereocenters. The van der Waals surface area contributed by atoms with Crippen LogP contribution in [0.1, 0.15) is 10.4 Å². The molecule has 0 aliphatic rings. The highest BCUT2D eigenvalue weighted by Gasteiger charge is 2.17. The minimum absolute atomic E-state index is 0.00746. The van der Waals surface area contributed by atoms with Crippen molar-refractivity contribution < 1.29 is 9.72 Å². The highest BCUT2D eigenvalue weighted by Crippen LogP contribution is 2.34. The molecule has 2 aromatic carbocycles. The SMILES string of the molecule is O=C(Nc1c(Cl)cc([N+](=O)[O-])cc1Cl)c1ccc(I)cc1. The summed E-state index contributed by atoms with van der Waals surface area (Å²) in [5.41, 5.74) is 0.339.